The van der Waals surface area contributed by atoms with Gasteiger partial charge in [-0.05, 0) is 57.5 Å². The fourth-order valence-electron chi connectivity index (χ4n) is 2.03. The first-order valence-corrected chi connectivity index (χ1v) is 7.75. The molecule has 0 fully saturated rings. The van der Waals surface area contributed by atoms with Gasteiger partial charge in [0, 0.05) is 17.2 Å². The van der Waals surface area contributed by atoms with Crippen LogP contribution in [0.15, 0.2) is 33.5 Å². The molecule has 0 bridgehead atoms. The van der Waals surface area contributed by atoms with Gasteiger partial charge < -0.3 is 5.32 Å². The molecular formula is C13H16Br2N4. The summed E-state index contributed by atoms with van der Waals surface area (Å²) in [6, 6.07) is 4.04. The Hall–Kier alpha value is -0.720. The van der Waals surface area contributed by atoms with E-state index in [-0.39, 0.29) is 6.04 Å². The third kappa shape index (κ3) is 3.24. The van der Waals surface area contributed by atoms with Crippen molar-refractivity contribution in [2.75, 3.05) is 7.05 Å². The standard InChI is InChI=1S/C13H16Br2N4/c1-3-6-19-13(10(15)8-18-19)12(16-2)11-5-4-9(14)7-17-11/h4-5,7-8,12,16H,3,6H2,1-2H3. The van der Waals surface area contributed by atoms with Gasteiger partial charge in [0.25, 0.3) is 0 Å². The van der Waals surface area contributed by atoms with Crippen LogP contribution in [0.25, 0.3) is 0 Å². The number of hydrogen-bond acceptors (Lipinski definition) is 3. The quantitative estimate of drug-likeness (QED) is 0.853. The number of pyridine rings is 1. The number of nitrogens with one attached hydrogen (secondary N) is 1. The van der Waals surface area contributed by atoms with Crippen LogP contribution in [-0.2, 0) is 6.54 Å². The molecule has 0 aliphatic heterocycles. The van der Waals surface area contributed by atoms with Crippen molar-refractivity contribution in [3.8, 4) is 0 Å². The lowest BCUT2D eigenvalue weighted by atomic mass is 10.1. The molecule has 0 radical (unpaired) electrons. The Balaban J connectivity index is 2.41. The van der Waals surface area contributed by atoms with E-state index >= 15 is 0 Å². The molecule has 0 amide bonds. The van der Waals surface area contributed by atoms with Crippen LogP contribution in [0.5, 0.6) is 0 Å². The normalized spacial score (nSPS) is 12.6. The van der Waals surface area contributed by atoms with Gasteiger partial charge in [-0.2, -0.15) is 5.10 Å². The Kier molecular flexibility index (Phi) is 5.13. The molecule has 0 aliphatic carbocycles. The molecule has 6 heteroatoms. The van der Waals surface area contributed by atoms with Crippen molar-refractivity contribution in [2.24, 2.45) is 0 Å². The first-order valence-electron chi connectivity index (χ1n) is 6.17. The van der Waals surface area contributed by atoms with Crippen molar-refractivity contribution in [3.05, 3.63) is 44.9 Å². The molecule has 0 saturated heterocycles. The summed E-state index contributed by atoms with van der Waals surface area (Å²) in [4.78, 5) is 4.48. The van der Waals surface area contributed by atoms with Crippen LogP contribution in [0, 0.1) is 0 Å². The van der Waals surface area contributed by atoms with Crippen LogP contribution >= 0.6 is 31.9 Å². The molecule has 0 spiro atoms. The van der Waals surface area contributed by atoms with Crippen LogP contribution < -0.4 is 5.32 Å². The number of rotatable bonds is 5. The van der Waals surface area contributed by atoms with Gasteiger partial charge in [-0.25, -0.2) is 0 Å². The smallest absolute Gasteiger partial charge is 0.0931 e. The Labute approximate surface area is 129 Å². The number of aryl methyl sites for hydroxylation is 1. The zero-order valence-corrected chi connectivity index (χ0v) is 14.1. The molecule has 0 aromatic carbocycles. The summed E-state index contributed by atoms with van der Waals surface area (Å²) in [6.45, 7) is 3.04. The van der Waals surface area contributed by atoms with Gasteiger partial charge in [0.1, 0.15) is 0 Å². The molecule has 1 N–H and O–H groups in total. The van der Waals surface area contributed by atoms with Gasteiger partial charge in [-0.3, -0.25) is 9.67 Å². The summed E-state index contributed by atoms with van der Waals surface area (Å²) in [7, 11) is 1.93. The average molecular weight is 388 g/mol. The molecule has 19 heavy (non-hydrogen) atoms. The predicted octanol–water partition coefficient (Wildman–Crippen LogP) is 3.52. The largest absolute Gasteiger partial charge is 0.307 e. The minimum absolute atomic E-state index is 0.0246. The molecule has 1 unspecified atom stereocenters. The first kappa shape index (κ1) is 14.7. The maximum atomic E-state index is 4.48. The highest BCUT2D eigenvalue weighted by Crippen LogP contribution is 2.28. The molecular weight excluding hydrogens is 372 g/mol. The maximum Gasteiger partial charge on any atom is 0.0931 e. The van der Waals surface area contributed by atoms with E-state index in [1.54, 1.807) is 0 Å². The summed E-state index contributed by atoms with van der Waals surface area (Å²) in [6.07, 6.45) is 4.70. The number of nitrogens with zero attached hydrogens (tertiary/aromatic N) is 3. The fraction of sp³-hybridized carbons (Fsp3) is 0.385. The van der Waals surface area contributed by atoms with E-state index in [1.807, 2.05) is 36.3 Å². The van der Waals surface area contributed by atoms with Crippen LogP contribution in [-0.4, -0.2) is 21.8 Å². The number of hydrogen-bond donors (Lipinski definition) is 1. The average Bonchev–Trinajstić information content (AvgIpc) is 2.76. The molecule has 102 valence electrons. The highest BCUT2D eigenvalue weighted by atomic mass is 79.9. The fourth-order valence-corrected chi connectivity index (χ4v) is 2.79. The van der Waals surface area contributed by atoms with E-state index in [0.717, 1.165) is 33.3 Å². The van der Waals surface area contributed by atoms with Crippen molar-refractivity contribution in [2.45, 2.75) is 25.9 Å². The Morgan fingerprint density at radius 3 is 2.68 bits per heavy atom. The van der Waals surface area contributed by atoms with E-state index in [0.29, 0.717) is 0 Å². The monoisotopic (exact) mass is 386 g/mol. The van der Waals surface area contributed by atoms with E-state index in [2.05, 4.69) is 54.2 Å². The molecule has 1 atom stereocenters. The molecule has 2 rings (SSSR count). The zero-order chi connectivity index (χ0) is 13.8. The summed E-state index contributed by atoms with van der Waals surface area (Å²) >= 11 is 6.99. The Bertz CT molecular complexity index is 536. The van der Waals surface area contributed by atoms with Crippen LogP contribution in [0.1, 0.15) is 30.8 Å². The molecule has 2 aromatic rings. The summed E-state index contributed by atoms with van der Waals surface area (Å²) in [5, 5.41) is 7.72. The second kappa shape index (κ2) is 6.63. The lowest BCUT2D eigenvalue weighted by molar-refractivity contribution is 0.528. The van der Waals surface area contributed by atoms with Crippen molar-refractivity contribution in [1.29, 1.82) is 0 Å². The SMILES string of the molecule is CCCn1ncc(Br)c1C(NC)c1ccc(Br)cn1. The highest BCUT2D eigenvalue weighted by Gasteiger charge is 2.21. The Morgan fingerprint density at radius 1 is 1.32 bits per heavy atom. The van der Waals surface area contributed by atoms with E-state index in [9.17, 15) is 0 Å². The zero-order valence-electron chi connectivity index (χ0n) is 10.9. The van der Waals surface area contributed by atoms with Crippen molar-refractivity contribution >= 4 is 31.9 Å². The van der Waals surface area contributed by atoms with Crippen LogP contribution in [0.3, 0.4) is 0 Å². The van der Waals surface area contributed by atoms with Crippen molar-refractivity contribution < 1.29 is 0 Å². The van der Waals surface area contributed by atoms with Gasteiger partial charge in [-0.1, -0.05) is 6.92 Å². The second-order valence-electron chi connectivity index (χ2n) is 4.22. The molecule has 2 aromatic heterocycles. The van der Waals surface area contributed by atoms with Crippen LogP contribution in [0.4, 0.5) is 0 Å². The van der Waals surface area contributed by atoms with Gasteiger partial charge in [0.2, 0.25) is 0 Å². The maximum absolute atomic E-state index is 4.48. The number of aromatic nitrogens is 3. The van der Waals surface area contributed by atoms with Gasteiger partial charge in [-0.15, -0.1) is 0 Å². The van der Waals surface area contributed by atoms with E-state index in [4.69, 9.17) is 0 Å². The predicted molar refractivity (Wildman–Crippen MR) is 83.1 cm³/mol. The van der Waals surface area contributed by atoms with Crippen LogP contribution in [0.2, 0.25) is 0 Å². The van der Waals surface area contributed by atoms with E-state index < -0.39 is 0 Å². The topological polar surface area (TPSA) is 42.7 Å². The Morgan fingerprint density at radius 2 is 2.11 bits per heavy atom. The third-order valence-electron chi connectivity index (χ3n) is 2.88. The summed E-state index contributed by atoms with van der Waals surface area (Å²) < 4.78 is 4.01. The van der Waals surface area contributed by atoms with Crippen molar-refractivity contribution in [3.63, 3.8) is 0 Å². The number of halogens is 2. The minimum Gasteiger partial charge on any atom is -0.307 e. The van der Waals surface area contributed by atoms with Gasteiger partial charge in [0.15, 0.2) is 0 Å². The van der Waals surface area contributed by atoms with Gasteiger partial charge in [0.05, 0.1) is 28.1 Å². The van der Waals surface area contributed by atoms with Gasteiger partial charge >= 0.3 is 0 Å². The molecule has 0 aliphatic rings. The lowest BCUT2D eigenvalue weighted by Crippen LogP contribution is -2.23. The second-order valence-corrected chi connectivity index (χ2v) is 5.99. The third-order valence-corrected chi connectivity index (χ3v) is 3.96. The molecule has 0 saturated carbocycles. The van der Waals surface area contributed by atoms with E-state index in [1.165, 1.54) is 0 Å². The summed E-state index contributed by atoms with van der Waals surface area (Å²) in [5.74, 6) is 0. The highest BCUT2D eigenvalue weighted by molar-refractivity contribution is 9.10. The molecule has 2 heterocycles. The van der Waals surface area contributed by atoms with Crippen molar-refractivity contribution in [1.82, 2.24) is 20.1 Å². The lowest BCUT2D eigenvalue weighted by Gasteiger charge is -2.18. The first-order chi connectivity index (χ1) is 9.17. The summed E-state index contributed by atoms with van der Waals surface area (Å²) in [5.41, 5.74) is 2.09. The molecule has 4 nitrogen and oxygen atoms in total. The minimum atomic E-state index is 0.0246.